The van der Waals surface area contributed by atoms with Crippen LogP contribution >= 0.6 is 0 Å². The second-order valence-corrected chi connectivity index (χ2v) is 7.83. The van der Waals surface area contributed by atoms with Gasteiger partial charge in [-0.3, -0.25) is 4.79 Å². The van der Waals surface area contributed by atoms with Gasteiger partial charge in [-0.25, -0.2) is 13.2 Å². The van der Waals surface area contributed by atoms with Crippen molar-refractivity contribution in [1.29, 1.82) is 0 Å². The number of fused-ring (bicyclic) bond motifs is 1. The number of aromatic amines is 1. The molecule has 166 valence electrons. The minimum absolute atomic E-state index is 0.0295. The summed E-state index contributed by atoms with van der Waals surface area (Å²) in [5.74, 6) is -1.13. The van der Waals surface area contributed by atoms with Crippen LogP contribution in [0.25, 0.3) is 22.2 Å². The first-order valence-electron chi connectivity index (χ1n) is 10.5. The summed E-state index contributed by atoms with van der Waals surface area (Å²) in [6.45, 7) is 4.62. The number of aromatic nitrogens is 1. The molecule has 0 spiro atoms. The molecule has 1 aliphatic carbocycles. The molecule has 4 nitrogen and oxygen atoms in total. The summed E-state index contributed by atoms with van der Waals surface area (Å²) in [4.78, 5) is 16.4. The van der Waals surface area contributed by atoms with E-state index in [1.807, 2.05) is 13.8 Å². The first kappa shape index (κ1) is 22.9. The quantitative estimate of drug-likeness (QED) is 0.577. The number of hydrogen-bond donors (Lipinski definition) is 2. The van der Waals surface area contributed by atoms with Gasteiger partial charge in [0.2, 0.25) is 5.91 Å². The maximum atomic E-state index is 13.5. The Morgan fingerprint density at radius 3 is 2.35 bits per heavy atom. The Balaban J connectivity index is 0.000000187. The molecule has 0 radical (unpaired) electrons. The molecule has 1 aliphatic rings. The Morgan fingerprint density at radius 2 is 1.81 bits per heavy atom. The van der Waals surface area contributed by atoms with Crippen LogP contribution in [0.4, 0.5) is 13.2 Å². The molecule has 2 aromatic carbocycles. The average molecular weight is 432 g/mol. The third-order valence-electron chi connectivity index (χ3n) is 5.67. The van der Waals surface area contributed by atoms with Crippen LogP contribution in [0.5, 0.6) is 0 Å². The van der Waals surface area contributed by atoms with Gasteiger partial charge in [-0.15, -0.1) is 0 Å². The van der Waals surface area contributed by atoms with Crippen LogP contribution in [0.2, 0.25) is 0 Å². The number of amides is 1. The molecule has 3 aromatic rings. The fourth-order valence-corrected chi connectivity index (χ4v) is 3.62. The Labute approximate surface area is 179 Å². The molecule has 1 atom stereocenters. The predicted octanol–water partition coefficient (Wildman–Crippen LogP) is 5.27. The highest BCUT2D eigenvalue weighted by atomic mass is 19.1. The van der Waals surface area contributed by atoms with Crippen molar-refractivity contribution >= 4 is 16.8 Å². The minimum Gasteiger partial charge on any atom is -0.394 e. The van der Waals surface area contributed by atoms with Crippen LogP contribution in [-0.4, -0.2) is 40.1 Å². The van der Waals surface area contributed by atoms with E-state index in [-0.39, 0.29) is 35.8 Å². The zero-order valence-electron chi connectivity index (χ0n) is 17.7. The maximum absolute atomic E-state index is 13.5. The molecule has 1 amide bonds. The van der Waals surface area contributed by atoms with Crippen molar-refractivity contribution in [2.75, 3.05) is 13.2 Å². The molecule has 7 heteroatoms. The van der Waals surface area contributed by atoms with Gasteiger partial charge in [0.25, 0.3) is 0 Å². The van der Waals surface area contributed by atoms with E-state index in [1.165, 1.54) is 24.6 Å². The third-order valence-corrected chi connectivity index (χ3v) is 5.67. The number of rotatable bonds is 5. The van der Waals surface area contributed by atoms with Gasteiger partial charge in [0.15, 0.2) is 0 Å². The summed E-state index contributed by atoms with van der Waals surface area (Å²) in [7, 11) is 0. The normalized spacial score (nSPS) is 14.5. The summed E-state index contributed by atoms with van der Waals surface area (Å²) >= 11 is 0. The number of carbonyl (C=O) groups is 1. The Hall–Kier alpha value is -2.80. The number of benzene rings is 2. The SMILES string of the molecule is CCN(C(=O)C1CCC1)C(C)CO.Fc1ccc(-c2cc3cc(F)cc(F)c3[nH]2)cc1. The Bertz CT molecular complexity index is 1030. The van der Waals surface area contributed by atoms with E-state index >= 15 is 0 Å². The van der Waals surface area contributed by atoms with E-state index in [1.54, 1.807) is 23.1 Å². The molecular weight excluding hydrogens is 405 g/mol. The highest BCUT2D eigenvalue weighted by Crippen LogP contribution is 2.29. The molecule has 31 heavy (non-hydrogen) atoms. The first-order chi connectivity index (χ1) is 14.8. The van der Waals surface area contributed by atoms with Gasteiger partial charge < -0.3 is 15.0 Å². The predicted molar refractivity (Wildman–Crippen MR) is 115 cm³/mol. The topological polar surface area (TPSA) is 56.3 Å². The fraction of sp³-hybridized carbons (Fsp3) is 0.375. The van der Waals surface area contributed by atoms with Gasteiger partial charge in [-0.1, -0.05) is 6.42 Å². The number of hydrogen-bond acceptors (Lipinski definition) is 2. The first-order valence-corrected chi connectivity index (χ1v) is 10.5. The fourth-order valence-electron chi connectivity index (χ4n) is 3.62. The van der Waals surface area contributed by atoms with Crippen LogP contribution < -0.4 is 0 Å². The Kier molecular flexibility index (Phi) is 7.38. The summed E-state index contributed by atoms with van der Waals surface area (Å²) in [6.07, 6.45) is 3.25. The van der Waals surface area contributed by atoms with Gasteiger partial charge >= 0.3 is 0 Å². The number of nitrogens with one attached hydrogen (secondary N) is 1. The molecule has 0 aliphatic heterocycles. The number of aliphatic hydroxyl groups excluding tert-OH is 1. The van der Waals surface area contributed by atoms with Crippen molar-refractivity contribution < 1.29 is 23.1 Å². The van der Waals surface area contributed by atoms with Crippen LogP contribution in [-0.2, 0) is 4.79 Å². The number of likely N-dealkylation sites (N-methyl/N-ethyl adjacent to an activating group) is 1. The lowest BCUT2D eigenvalue weighted by Gasteiger charge is -2.34. The third kappa shape index (κ3) is 5.28. The molecule has 0 saturated heterocycles. The summed E-state index contributed by atoms with van der Waals surface area (Å²) in [5, 5.41) is 9.41. The van der Waals surface area contributed by atoms with Crippen molar-refractivity contribution in [3.63, 3.8) is 0 Å². The van der Waals surface area contributed by atoms with E-state index in [9.17, 15) is 18.0 Å². The lowest BCUT2D eigenvalue weighted by Crippen LogP contribution is -2.45. The molecule has 1 aromatic heterocycles. The van der Waals surface area contributed by atoms with Crippen LogP contribution in [0.15, 0.2) is 42.5 Å². The smallest absolute Gasteiger partial charge is 0.225 e. The van der Waals surface area contributed by atoms with Gasteiger partial charge in [-0.2, -0.15) is 0 Å². The molecule has 1 fully saturated rings. The second kappa shape index (κ2) is 10.0. The van der Waals surface area contributed by atoms with Crippen molar-refractivity contribution in [3.05, 3.63) is 59.9 Å². The monoisotopic (exact) mass is 432 g/mol. The van der Waals surface area contributed by atoms with Crippen LogP contribution in [0, 0.1) is 23.4 Å². The van der Waals surface area contributed by atoms with Gasteiger partial charge in [0, 0.05) is 29.6 Å². The van der Waals surface area contributed by atoms with Crippen molar-refractivity contribution in [2.45, 2.75) is 39.2 Å². The largest absolute Gasteiger partial charge is 0.394 e. The average Bonchev–Trinajstić information content (AvgIpc) is 3.12. The summed E-state index contributed by atoms with van der Waals surface area (Å²) in [6, 6.07) is 9.47. The van der Waals surface area contributed by atoms with E-state index in [4.69, 9.17) is 5.11 Å². The second-order valence-electron chi connectivity index (χ2n) is 7.83. The number of aliphatic hydroxyl groups is 1. The molecule has 0 bridgehead atoms. The highest BCUT2D eigenvalue weighted by molar-refractivity contribution is 5.86. The minimum atomic E-state index is -0.640. The molecule has 1 heterocycles. The standard InChI is InChI=1S/C14H8F3N.C10H19NO2/c15-10-3-1-8(2-4-10)13-6-9-5-11(16)7-12(17)14(9)18-13;1-3-11(8(2)7-12)10(13)9-5-4-6-9/h1-7,18H;8-9,12H,3-7H2,1-2H3. The van der Waals surface area contributed by atoms with Gasteiger partial charge in [-0.05, 0) is 68.7 Å². The van der Waals surface area contributed by atoms with E-state index in [0.29, 0.717) is 23.2 Å². The van der Waals surface area contributed by atoms with Gasteiger partial charge in [0.1, 0.15) is 17.5 Å². The zero-order chi connectivity index (χ0) is 22.5. The molecule has 4 rings (SSSR count). The lowest BCUT2D eigenvalue weighted by atomic mass is 9.84. The molecule has 1 unspecified atom stereocenters. The molecule has 2 N–H and O–H groups in total. The maximum Gasteiger partial charge on any atom is 0.225 e. The van der Waals surface area contributed by atoms with Crippen molar-refractivity contribution in [1.82, 2.24) is 9.88 Å². The van der Waals surface area contributed by atoms with Crippen molar-refractivity contribution in [3.8, 4) is 11.3 Å². The number of nitrogens with zero attached hydrogens (tertiary/aromatic N) is 1. The van der Waals surface area contributed by atoms with Crippen LogP contribution in [0.1, 0.15) is 33.1 Å². The van der Waals surface area contributed by atoms with Crippen molar-refractivity contribution in [2.24, 2.45) is 5.92 Å². The molecule has 1 saturated carbocycles. The number of H-pyrrole nitrogens is 1. The lowest BCUT2D eigenvalue weighted by molar-refractivity contribution is -0.140. The number of halogens is 3. The van der Waals surface area contributed by atoms with E-state index in [0.717, 1.165) is 18.9 Å². The number of carbonyl (C=O) groups excluding carboxylic acids is 1. The zero-order valence-corrected chi connectivity index (χ0v) is 17.7. The summed E-state index contributed by atoms with van der Waals surface area (Å²) < 4.78 is 39.4. The van der Waals surface area contributed by atoms with E-state index in [2.05, 4.69) is 4.98 Å². The summed E-state index contributed by atoms with van der Waals surface area (Å²) in [5.41, 5.74) is 1.58. The van der Waals surface area contributed by atoms with Crippen LogP contribution in [0.3, 0.4) is 0 Å². The highest BCUT2D eigenvalue weighted by Gasteiger charge is 2.30. The molecular formula is C24H27F3N2O2. The van der Waals surface area contributed by atoms with E-state index < -0.39 is 11.6 Å². The van der Waals surface area contributed by atoms with Gasteiger partial charge in [0.05, 0.1) is 18.2 Å². The Morgan fingerprint density at radius 1 is 1.13 bits per heavy atom.